The lowest BCUT2D eigenvalue weighted by Crippen LogP contribution is -2.18. The van der Waals surface area contributed by atoms with Gasteiger partial charge in [0.05, 0.1) is 5.52 Å². The van der Waals surface area contributed by atoms with E-state index >= 15 is 0 Å². The van der Waals surface area contributed by atoms with Crippen LogP contribution in [0.2, 0.25) is 0 Å². The van der Waals surface area contributed by atoms with E-state index in [4.69, 9.17) is 0 Å². The Morgan fingerprint density at radius 3 is 2.61 bits per heavy atom. The third-order valence-corrected chi connectivity index (χ3v) is 3.92. The average Bonchev–Trinajstić information content (AvgIpc) is 3.26. The number of nitrogens with zero attached hydrogens (tertiary/aromatic N) is 3. The van der Waals surface area contributed by atoms with E-state index < -0.39 is 0 Å². The van der Waals surface area contributed by atoms with E-state index in [0.29, 0.717) is 0 Å². The van der Waals surface area contributed by atoms with Gasteiger partial charge in [0, 0.05) is 30.2 Å². The largest absolute Gasteiger partial charge is 0.357 e. The van der Waals surface area contributed by atoms with Crippen molar-refractivity contribution in [2.75, 3.05) is 32.1 Å². The predicted octanol–water partition coefficient (Wildman–Crippen LogP) is 3.06. The molecule has 0 radical (unpaired) electrons. The van der Waals surface area contributed by atoms with Crippen molar-refractivity contribution in [1.29, 1.82) is 0 Å². The van der Waals surface area contributed by atoms with Crippen molar-refractivity contribution in [3.05, 3.63) is 42.6 Å². The fourth-order valence-corrected chi connectivity index (χ4v) is 2.87. The van der Waals surface area contributed by atoms with Gasteiger partial charge >= 0.3 is 0 Å². The molecule has 1 fully saturated rings. The van der Waals surface area contributed by atoms with Gasteiger partial charge in [0.25, 0.3) is 0 Å². The number of para-hydroxylation sites is 1. The zero-order chi connectivity index (χ0) is 16.1. The Hall–Kier alpha value is -2.40. The Kier molecular flexibility index (Phi) is 4.88. The van der Waals surface area contributed by atoms with Crippen LogP contribution in [0.5, 0.6) is 0 Å². The molecule has 1 aliphatic heterocycles. The summed E-state index contributed by atoms with van der Waals surface area (Å²) in [6.07, 6.45) is 4.40. The van der Waals surface area contributed by atoms with Gasteiger partial charge in [-0.3, -0.25) is 5.10 Å². The maximum absolute atomic E-state index is 4.50. The van der Waals surface area contributed by atoms with Gasteiger partial charge in [-0.2, -0.15) is 5.10 Å². The maximum Gasteiger partial charge on any atom is 0.129 e. The molecule has 0 bridgehead atoms. The first-order valence-corrected chi connectivity index (χ1v) is 8.06. The van der Waals surface area contributed by atoms with Gasteiger partial charge in [0.1, 0.15) is 11.5 Å². The van der Waals surface area contributed by atoms with E-state index in [1.807, 2.05) is 38.5 Å². The first-order chi connectivity index (χ1) is 11.3. The normalized spacial score (nSPS) is 13.9. The fourth-order valence-electron chi connectivity index (χ4n) is 2.87. The van der Waals surface area contributed by atoms with E-state index in [2.05, 4.69) is 43.6 Å². The molecule has 5 heteroatoms. The third-order valence-electron chi connectivity index (χ3n) is 3.92. The number of hydrogen-bond donors (Lipinski definition) is 2. The van der Waals surface area contributed by atoms with E-state index in [9.17, 15) is 0 Å². The lowest BCUT2D eigenvalue weighted by atomic mass is 10.1. The van der Waals surface area contributed by atoms with Crippen LogP contribution in [0.25, 0.3) is 22.2 Å². The highest BCUT2D eigenvalue weighted by molar-refractivity contribution is 5.93. The van der Waals surface area contributed by atoms with Crippen molar-refractivity contribution < 1.29 is 0 Å². The van der Waals surface area contributed by atoms with E-state index in [0.717, 1.165) is 41.1 Å². The smallest absolute Gasteiger partial charge is 0.129 e. The number of rotatable bonds is 2. The summed E-state index contributed by atoms with van der Waals surface area (Å²) in [6.45, 7) is 2.22. The number of hydrogen-bond acceptors (Lipinski definition) is 4. The third kappa shape index (κ3) is 3.35. The molecule has 120 valence electrons. The van der Waals surface area contributed by atoms with Crippen LogP contribution in [0.1, 0.15) is 12.8 Å². The number of benzene rings is 1. The lowest BCUT2D eigenvalue weighted by Gasteiger charge is -2.16. The summed E-state index contributed by atoms with van der Waals surface area (Å²) in [6, 6.07) is 12.4. The minimum Gasteiger partial charge on any atom is -0.357 e. The summed E-state index contributed by atoms with van der Waals surface area (Å²) < 4.78 is 0. The Bertz CT molecular complexity index is 759. The molecule has 0 spiro atoms. The molecule has 3 aromatic rings. The van der Waals surface area contributed by atoms with E-state index in [1.165, 1.54) is 12.8 Å². The molecule has 23 heavy (non-hydrogen) atoms. The number of H-pyrrole nitrogens is 1. The van der Waals surface area contributed by atoms with Gasteiger partial charge in [0.2, 0.25) is 0 Å². The molecule has 2 N–H and O–H groups in total. The van der Waals surface area contributed by atoms with E-state index in [-0.39, 0.29) is 0 Å². The van der Waals surface area contributed by atoms with Crippen LogP contribution in [0.15, 0.2) is 42.6 Å². The zero-order valence-corrected chi connectivity index (χ0v) is 13.7. The van der Waals surface area contributed by atoms with Crippen LogP contribution in [-0.2, 0) is 0 Å². The van der Waals surface area contributed by atoms with Gasteiger partial charge < -0.3 is 10.2 Å². The molecule has 1 saturated heterocycles. The minimum atomic E-state index is 1.00. The standard InChI is InChI=1S/C16H16N4.C2H7N/c1-2-6-14-13(5-1)16(19-18-14)12-7-8-17-15(11-12)20-9-3-4-10-20;1-3-2/h1-2,5-8,11H,3-4,9-10H2,(H,18,19);3H,1-2H3. The summed E-state index contributed by atoms with van der Waals surface area (Å²) in [5, 5.41) is 11.5. The summed E-state index contributed by atoms with van der Waals surface area (Å²) in [5.41, 5.74) is 3.20. The number of aromatic nitrogens is 3. The first-order valence-electron chi connectivity index (χ1n) is 8.06. The Morgan fingerprint density at radius 1 is 1.09 bits per heavy atom. The fraction of sp³-hybridized carbons (Fsp3) is 0.333. The Labute approximate surface area is 136 Å². The monoisotopic (exact) mass is 309 g/mol. The molecule has 4 rings (SSSR count). The number of fused-ring (bicyclic) bond motifs is 1. The predicted molar refractivity (Wildman–Crippen MR) is 95.8 cm³/mol. The second-order valence-electron chi connectivity index (χ2n) is 5.71. The minimum absolute atomic E-state index is 1.00. The number of pyridine rings is 1. The second kappa shape index (κ2) is 7.24. The highest BCUT2D eigenvalue weighted by Crippen LogP contribution is 2.28. The topological polar surface area (TPSA) is 56.8 Å². The van der Waals surface area contributed by atoms with Gasteiger partial charge in [-0.1, -0.05) is 18.2 Å². The molecule has 0 unspecified atom stereocenters. The first kappa shape index (κ1) is 15.5. The van der Waals surface area contributed by atoms with Gasteiger partial charge in [-0.15, -0.1) is 0 Å². The second-order valence-corrected chi connectivity index (χ2v) is 5.71. The number of anilines is 1. The van der Waals surface area contributed by atoms with Crippen LogP contribution >= 0.6 is 0 Å². The summed E-state index contributed by atoms with van der Waals surface area (Å²) in [7, 11) is 3.75. The highest BCUT2D eigenvalue weighted by atomic mass is 15.2. The maximum atomic E-state index is 4.50. The van der Waals surface area contributed by atoms with Crippen molar-refractivity contribution in [3.63, 3.8) is 0 Å². The summed E-state index contributed by atoms with van der Waals surface area (Å²) >= 11 is 0. The molecular formula is C18H23N5. The summed E-state index contributed by atoms with van der Waals surface area (Å²) in [5.74, 6) is 1.06. The van der Waals surface area contributed by atoms with Crippen LogP contribution < -0.4 is 10.2 Å². The van der Waals surface area contributed by atoms with Gasteiger partial charge in [0.15, 0.2) is 0 Å². The summed E-state index contributed by atoms with van der Waals surface area (Å²) in [4.78, 5) is 6.84. The molecule has 0 aliphatic carbocycles. The molecule has 3 heterocycles. The van der Waals surface area contributed by atoms with Crippen molar-refractivity contribution >= 4 is 16.7 Å². The van der Waals surface area contributed by atoms with Crippen molar-refractivity contribution in [3.8, 4) is 11.3 Å². The molecule has 0 amide bonds. The molecule has 5 nitrogen and oxygen atoms in total. The number of nitrogens with one attached hydrogen (secondary N) is 2. The quantitative estimate of drug-likeness (QED) is 0.764. The van der Waals surface area contributed by atoms with Crippen molar-refractivity contribution in [2.45, 2.75) is 12.8 Å². The van der Waals surface area contributed by atoms with Crippen molar-refractivity contribution in [1.82, 2.24) is 20.5 Å². The Balaban J connectivity index is 0.000000485. The van der Waals surface area contributed by atoms with E-state index in [1.54, 1.807) is 0 Å². The number of aromatic amines is 1. The molecule has 1 aliphatic rings. The molecular weight excluding hydrogens is 286 g/mol. The molecule has 2 aromatic heterocycles. The van der Waals surface area contributed by atoms with Crippen LogP contribution in [0.3, 0.4) is 0 Å². The van der Waals surface area contributed by atoms with Crippen LogP contribution in [0, 0.1) is 0 Å². The Morgan fingerprint density at radius 2 is 1.83 bits per heavy atom. The SMILES string of the molecule is CNC.c1ccc2c(-c3ccnc(N4CCCC4)c3)n[nH]c2c1. The molecule has 0 atom stereocenters. The zero-order valence-electron chi connectivity index (χ0n) is 13.7. The lowest BCUT2D eigenvalue weighted by molar-refractivity contribution is 0.938. The average molecular weight is 309 g/mol. The van der Waals surface area contributed by atoms with Gasteiger partial charge in [-0.05, 0) is 45.1 Å². The highest BCUT2D eigenvalue weighted by Gasteiger charge is 2.15. The van der Waals surface area contributed by atoms with Crippen molar-refractivity contribution in [2.24, 2.45) is 0 Å². The molecule has 0 saturated carbocycles. The van der Waals surface area contributed by atoms with Crippen LogP contribution in [0.4, 0.5) is 5.82 Å². The van der Waals surface area contributed by atoms with Crippen LogP contribution in [-0.4, -0.2) is 42.4 Å². The van der Waals surface area contributed by atoms with Gasteiger partial charge in [-0.25, -0.2) is 4.98 Å². The molecule has 1 aromatic carbocycles.